The first-order valence-corrected chi connectivity index (χ1v) is 6.94. The number of rotatable bonds is 3. The molecule has 1 aromatic heterocycles. The highest BCUT2D eigenvalue weighted by Crippen LogP contribution is 2.20. The monoisotopic (exact) mass is 281 g/mol. The van der Waals surface area contributed by atoms with E-state index in [4.69, 9.17) is 10.5 Å². The molecule has 2 N–H and O–H groups in total. The molecular formula is C13H23N5O2. The van der Waals surface area contributed by atoms with Crippen molar-refractivity contribution in [2.45, 2.75) is 45.9 Å². The Kier molecular flexibility index (Phi) is 4.27. The Morgan fingerprint density at radius 1 is 1.55 bits per heavy atom. The van der Waals surface area contributed by atoms with E-state index < -0.39 is 5.60 Å². The molecule has 1 atom stereocenters. The summed E-state index contributed by atoms with van der Waals surface area (Å²) >= 11 is 0. The summed E-state index contributed by atoms with van der Waals surface area (Å²) in [5.74, 6) is 0.384. The van der Waals surface area contributed by atoms with E-state index in [9.17, 15) is 4.79 Å². The quantitative estimate of drug-likeness (QED) is 0.893. The molecule has 0 aromatic carbocycles. The number of carbonyl (C=O) groups excluding carboxylic acids is 1. The van der Waals surface area contributed by atoms with E-state index in [0.717, 1.165) is 25.2 Å². The lowest BCUT2D eigenvalue weighted by Crippen LogP contribution is -2.35. The number of amides is 1. The molecule has 1 saturated heterocycles. The lowest BCUT2D eigenvalue weighted by Gasteiger charge is -2.24. The van der Waals surface area contributed by atoms with Crippen LogP contribution in [0.15, 0.2) is 6.20 Å². The minimum absolute atomic E-state index is 0.235. The number of aromatic nitrogens is 3. The topological polar surface area (TPSA) is 86.3 Å². The van der Waals surface area contributed by atoms with Gasteiger partial charge in [-0.3, -0.25) is 4.68 Å². The Morgan fingerprint density at radius 3 is 2.90 bits per heavy atom. The maximum absolute atomic E-state index is 12.0. The van der Waals surface area contributed by atoms with Gasteiger partial charge in [0.05, 0.1) is 5.69 Å². The number of ether oxygens (including phenoxy) is 1. The van der Waals surface area contributed by atoms with Crippen molar-refractivity contribution in [3.8, 4) is 0 Å². The third kappa shape index (κ3) is 3.93. The van der Waals surface area contributed by atoms with E-state index in [1.807, 2.05) is 27.0 Å². The Hall–Kier alpha value is -1.63. The Bertz CT molecular complexity index is 466. The van der Waals surface area contributed by atoms with Crippen molar-refractivity contribution in [3.05, 3.63) is 11.9 Å². The summed E-state index contributed by atoms with van der Waals surface area (Å²) in [4.78, 5) is 13.7. The highest BCUT2D eigenvalue weighted by molar-refractivity contribution is 5.68. The van der Waals surface area contributed by atoms with Crippen LogP contribution in [0.4, 0.5) is 4.79 Å². The third-order valence-electron chi connectivity index (χ3n) is 3.18. The SMILES string of the molecule is CC(C)(C)OC(=O)N1CC[C@@H](Cn2cc(CN)nn2)C1. The van der Waals surface area contributed by atoms with Crippen LogP contribution in [0.1, 0.15) is 32.9 Å². The van der Waals surface area contributed by atoms with Crippen LogP contribution >= 0.6 is 0 Å². The molecule has 1 aliphatic rings. The molecule has 7 nitrogen and oxygen atoms in total. The predicted octanol–water partition coefficient (Wildman–Crippen LogP) is 0.994. The second-order valence-corrected chi connectivity index (χ2v) is 6.22. The molecule has 112 valence electrons. The minimum Gasteiger partial charge on any atom is -0.444 e. The van der Waals surface area contributed by atoms with Crippen LogP contribution in [-0.2, 0) is 17.8 Å². The molecule has 0 bridgehead atoms. The molecule has 0 saturated carbocycles. The van der Waals surface area contributed by atoms with E-state index in [-0.39, 0.29) is 6.09 Å². The van der Waals surface area contributed by atoms with Crippen LogP contribution in [0.3, 0.4) is 0 Å². The summed E-state index contributed by atoms with van der Waals surface area (Å²) in [5, 5.41) is 7.99. The van der Waals surface area contributed by atoms with Gasteiger partial charge in [0.1, 0.15) is 5.60 Å². The fourth-order valence-corrected chi connectivity index (χ4v) is 2.26. The molecular weight excluding hydrogens is 258 g/mol. The van der Waals surface area contributed by atoms with Gasteiger partial charge in [0.25, 0.3) is 0 Å². The number of hydrogen-bond donors (Lipinski definition) is 1. The molecule has 1 aliphatic heterocycles. The van der Waals surface area contributed by atoms with Gasteiger partial charge in [0.2, 0.25) is 0 Å². The largest absolute Gasteiger partial charge is 0.444 e. The van der Waals surface area contributed by atoms with E-state index >= 15 is 0 Å². The summed E-state index contributed by atoms with van der Waals surface area (Å²) < 4.78 is 7.17. The highest BCUT2D eigenvalue weighted by atomic mass is 16.6. The Balaban J connectivity index is 1.84. The first kappa shape index (κ1) is 14.8. The van der Waals surface area contributed by atoms with Crippen LogP contribution in [-0.4, -0.2) is 44.7 Å². The minimum atomic E-state index is -0.447. The summed E-state index contributed by atoms with van der Waals surface area (Å²) in [6.45, 7) is 8.22. The summed E-state index contributed by atoms with van der Waals surface area (Å²) in [6, 6.07) is 0. The number of nitrogens with two attached hydrogens (primary N) is 1. The van der Waals surface area contributed by atoms with Crippen LogP contribution in [0, 0.1) is 5.92 Å². The highest BCUT2D eigenvalue weighted by Gasteiger charge is 2.30. The van der Waals surface area contributed by atoms with Gasteiger partial charge < -0.3 is 15.4 Å². The third-order valence-corrected chi connectivity index (χ3v) is 3.18. The van der Waals surface area contributed by atoms with E-state index in [2.05, 4.69) is 10.3 Å². The van der Waals surface area contributed by atoms with Gasteiger partial charge >= 0.3 is 6.09 Å². The summed E-state index contributed by atoms with van der Waals surface area (Å²) in [6.07, 6.45) is 2.58. The van der Waals surface area contributed by atoms with Crippen molar-refractivity contribution in [3.63, 3.8) is 0 Å². The molecule has 2 rings (SSSR count). The number of carbonyl (C=O) groups is 1. The number of likely N-dealkylation sites (tertiary alicyclic amines) is 1. The van der Waals surface area contributed by atoms with E-state index in [1.165, 1.54) is 0 Å². The van der Waals surface area contributed by atoms with Gasteiger partial charge in [-0.05, 0) is 33.1 Å². The molecule has 2 heterocycles. The first-order valence-electron chi connectivity index (χ1n) is 6.94. The lowest BCUT2D eigenvalue weighted by molar-refractivity contribution is 0.0286. The second-order valence-electron chi connectivity index (χ2n) is 6.22. The fraction of sp³-hybridized carbons (Fsp3) is 0.769. The Labute approximate surface area is 119 Å². The molecule has 0 aliphatic carbocycles. The van der Waals surface area contributed by atoms with Gasteiger partial charge in [0.15, 0.2) is 0 Å². The number of nitrogens with zero attached hydrogens (tertiary/aromatic N) is 4. The van der Waals surface area contributed by atoms with Crippen molar-refractivity contribution in [2.75, 3.05) is 13.1 Å². The molecule has 1 aromatic rings. The van der Waals surface area contributed by atoms with Crippen LogP contribution in [0.25, 0.3) is 0 Å². The zero-order valence-electron chi connectivity index (χ0n) is 12.4. The summed E-state index contributed by atoms with van der Waals surface area (Å²) in [5.41, 5.74) is 5.84. The van der Waals surface area contributed by atoms with Crippen molar-refractivity contribution in [1.29, 1.82) is 0 Å². The molecule has 1 fully saturated rings. The van der Waals surface area contributed by atoms with Gasteiger partial charge in [-0.1, -0.05) is 5.21 Å². The van der Waals surface area contributed by atoms with E-state index in [1.54, 1.807) is 9.58 Å². The smallest absolute Gasteiger partial charge is 0.410 e. The molecule has 20 heavy (non-hydrogen) atoms. The van der Waals surface area contributed by atoms with Gasteiger partial charge in [0, 0.05) is 32.4 Å². The molecule has 0 spiro atoms. The normalized spacial score (nSPS) is 19.4. The Morgan fingerprint density at radius 2 is 2.30 bits per heavy atom. The standard InChI is InChI=1S/C13H23N5O2/c1-13(2,3)20-12(19)17-5-4-10(7-17)8-18-9-11(6-14)15-16-18/h9-10H,4-8,14H2,1-3H3/t10-/m1/s1. The van der Waals surface area contributed by atoms with Crippen LogP contribution < -0.4 is 5.73 Å². The van der Waals surface area contributed by atoms with Crippen molar-refractivity contribution in [1.82, 2.24) is 19.9 Å². The fourth-order valence-electron chi connectivity index (χ4n) is 2.26. The molecule has 0 radical (unpaired) electrons. The average Bonchev–Trinajstić information content (AvgIpc) is 2.96. The van der Waals surface area contributed by atoms with Crippen molar-refractivity contribution >= 4 is 6.09 Å². The van der Waals surface area contributed by atoms with Crippen molar-refractivity contribution in [2.24, 2.45) is 11.7 Å². The maximum Gasteiger partial charge on any atom is 0.410 e. The summed E-state index contributed by atoms with van der Waals surface area (Å²) in [7, 11) is 0. The second kappa shape index (κ2) is 5.78. The van der Waals surface area contributed by atoms with Crippen LogP contribution in [0.5, 0.6) is 0 Å². The predicted molar refractivity (Wildman–Crippen MR) is 73.8 cm³/mol. The molecule has 0 unspecified atom stereocenters. The zero-order valence-corrected chi connectivity index (χ0v) is 12.4. The van der Waals surface area contributed by atoms with Crippen molar-refractivity contribution < 1.29 is 9.53 Å². The zero-order chi connectivity index (χ0) is 14.8. The van der Waals surface area contributed by atoms with Crippen LogP contribution in [0.2, 0.25) is 0 Å². The first-order chi connectivity index (χ1) is 9.37. The van der Waals surface area contributed by atoms with Gasteiger partial charge in [-0.2, -0.15) is 0 Å². The van der Waals surface area contributed by atoms with Gasteiger partial charge in [-0.25, -0.2) is 4.79 Å². The molecule has 1 amide bonds. The van der Waals surface area contributed by atoms with E-state index in [0.29, 0.717) is 19.0 Å². The number of hydrogen-bond acceptors (Lipinski definition) is 5. The lowest BCUT2D eigenvalue weighted by atomic mass is 10.1. The molecule has 7 heteroatoms. The van der Waals surface area contributed by atoms with Gasteiger partial charge in [-0.15, -0.1) is 5.10 Å². The average molecular weight is 281 g/mol. The maximum atomic E-state index is 12.0.